The molecule has 4 rings (SSSR count). The zero-order chi connectivity index (χ0) is 22.5. The van der Waals surface area contributed by atoms with Gasteiger partial charge in [0.05, 0.1) is 31.5 Å². The van der Waals surface area contributed by atoms with Gasteiger partial charge in [0, 0.05) is 12.4 Å². The van der Waals surface area contributed by atoms with Crippen LogP contribution < -0.4 is 14.8 Å². The van der Waals surface area contributed by atoms with E-state index in [0.717, 1.165) is 5.56 Å². The van der Waals surface area contributed by atoms with Crippen molar-refractivity contribution in [2.75, 3.05) is 19.0 Å². The number of carbonyl (C=O) groups is 2. The Morgan fingerprint density at radius 1 is 0.969 bits per heavy atom. The van der Waals surface area contributed by atoms with Crippen LogP contribution in [0.1, 0.15) is 18.1 Å². The molecule has 1 aliphatic heterocycles. The largest absolute Gasteiger partial charge is 0.497 e. The SMILES string of the molecule is CCOc1ccccc1NC1=C(c2ccc(OC)cc2)C(=O)N(Cc2cccnc2)C1=O. The molecule has 2 heterocycles. The van der Waals surface area contributed by atoms with Gasteiger partial charge < -0.3 is 14.8 Å². The molecule has 0 fully saturated rings. The summed E-state index contributed by atoms with van der Waals surface area (Å²) in [5, 5.41) is 3.16. The summed E-state index contributed by atoms with van der Waals surface area (Å²) in [7, 11) is 1.58. The lowest BCUT2D eigenvalue weighted by molar-refractivity contribution is -0.137. The summed E-state index contributed by atoms with van der Waals surface area (Å²) in [5.41, 5.74) is 2.50. The highest BCUT2D eigenvalue weighted by Gasteiger charge is 2.39. The maximum Gasteiger partial charge on any atom is 0.278 e. The number of hydrogen-bond acceptors (Lipinski definition) is 6. The number of para-hydroxylation sites is 2. The van der Waals surface area contributed by atoms with Crippen molar-refractivity contribution in [3.8, 4) is 11.5 Å². The molecule has 1 aliphatic rings. The smallest absolute Gasteiger partial charge is 0.278 e. The Balaban J connectivity index is 1.75. The molecule has 1 N–H and O–H groups in total. The third-order valence-corrected chi connectivity index (χ3v) is 5.06. The highest BCUT2D eigenvalue weighted by Crippen LogP contribution is 2.34. The minimum Gasteiger partial charge on any atom is -0.497 e. The van der Waals surface area contributed by atoms with Gasteiger partial charge in [-0.05, 0) is 48.4 Å². The van der Waals surface area contributed by atoms with Gasteiger partial charge in [0.25, 0.3) is 11.8 Å². The lowest BCUT2D eigenvalue weighted by atomic mass is 10.0. The zero-order valence-electron chi connectivity index (χ0n) is 17.9. The van der Waals surface area contributed by atoms with Gasteiger partial charge in [-0.25, -0.2) is 0 Å². The van der Waals surface area contributed by atoms with Gasteiger partial charge >= 0.3 is 0 Å². The highest BCUT2D eigenvalue weighted by molar-refractivity contribution is 6.36. The van der Waals surface area contributed by atoms with Crippen molar-refractivity contribution >= 4 is 23.1 Å². The van der Waals surface area contributed by atoms with Crippen LogP contribution in [-0.4, -0.2) is 35.4 Å². The number of amides is 2. The van der Waals surface area contributed by atoms with E-state index < -0.39 is 5.91 Å². The van der Waals surface area contributed by atoms with E-state index in [1.54, 1.807) is 49.8 Å². The normalized spacial score (nSPS) is 13.5. The molecule has 0 spiro atoms. The van der Waals surface area contributed by atoms with Gasteiger partial charge in [-0.15, -0.1) is 0 Å². The lowest BCUT2D eigenvalue weighted by Gasteiger charge is -2.16. The zero-order valence-corrected chi connectivity index (χ0v) is 17.9. The number of rotatable bonds is 8. The van der Waals surface area contributed by atoms with Crippen LogP contribution in [0.15, 0.2) is 78.8 Å². The van der Waals surface area contributed by atoms with E-state index in [9.17, 15) is 9.59 Å². The molecule has 0 bridgehead atoms. The van der Waals surface area contributed by atoms with Crippen molar-refractivity contribution in [3.63, 3.8) is 0 Å². The molecule has 2 aromatic carbocycles. The van der Waals surface area contributed by atoms with Crippen LogP contribution in [0.2, 0.25) is 0 Å². The summed E-state index contributed by atoms with van der Waals surface area (Å²) in [6.07, 6.45) is 3.29. The van der Waals surface area contributed by atoms with Gasteiger partial charge in [0.15, 0.2) is 0 Å². The predicted molar refractivity (Wildman–Crippen MR) is 121 cm³/mol. The molecule has 0 atom stereocenters. The average molecular weight is 429 g/mol. The number of nitrogens with one attached hydrogen (secondary N) is 1. The van der Waals surface area contributed by atoms with Gasteiger partial charge in [0.1, 0.15) is 17.2 Å². The molecule has 0 saturated heterocycles. The van der Waals surface area contributed by atoms with Gasteiger partial charge in [0.2, 0.25) is 0 Å². The van der Waals surface area contributed by atoms with E-state index in [2.05, 4.69) is 10.3 Å². The first-order valence-corrected chi connectivity index (χ1v) is 10.2. The minimum absolute atomic E-state index is 0.128. The first kappa shape index (κ1) is 21.1. The fourth-order valence-corrected chi connectivity index (χ4v) is 3.52. The van der Waals surface area contributed by atoms with Crippen molar-refractivity contribution < 1.29 is 19.1 Å². The number of imide groups is 1. The van der Waals surface area contributed by atoms with Crippen LogP contribution in [0.3, 0.4) is 0 Å². The first-order chi connectivity index (χ1) is 15.6. The molecule has 0 radical (unpaired) electrons. The molecule has 3 aromatic rings. The quantitative estimate of drug-likeness (QED) is 0.548. The Labute approximate surface area is 186 Å². The van der Waals surface area contributed by atoms with E-state index in [4.69, 9.17) is 9.47 Å². The van der Waals surface area contributed by atoms with Crippen LogP contribution in [-0.2, 0) is 16.1 Å². The number of benzene rings is 2. The molecular weight excluding hydrogens is 406 g/mol. The molecule has 7 nitrogen and oxygen atoms in total. The van der Waals surface area contributed by atoms with Gasteiger partial charge in [-0.3, -0.25) is 19.5 Å². The van der Waals surface area contributed by atoms with Crippen LogP contribution in [0.5, 0.6) is 11.5 Å². The summed E-state index contributed by atoms with van der Waals surface area (Å²) in [4.78, 5) is 32.1. The highest BCUT2D eigenvalue weighted by atomic mass is 16.5. The van der Waals surface area contributed by atoms with Crippen molar-refractivity contribution in [2.24, 2.45) is 0 Å². The second kappa shape index (κ2) is 9.34. The van der Waals surface area contributed by atoms with E-state index in [1.165, 1.54) is 4.90 Å². The Bertz CT molecular complexity index is 1160. The summed E-state index contributed by atoms with van der Waals surface area (Å²) in [6.45, 7) is 2.49. The maximum atomic E-state index is 13.4. The molecule has 2 amide bonds. The summed E-state index contributed by atoms with van der Waals surface area (Å²) < 4.78 is 10.9. The molecule has 7 heteroatoms. The Morgan fingerprint density at radius 3 is 2.44 bits per heavy atom. The van der Waals surface area contributed by atoms with Crippen molar-refractivity contribution in [2.45, 2.75) is 13.5 Å². The number of aromatic nitrogens is 1. The van der Waals surface area contributed by atoms with Crippen LogP contribution in [0, 0.1) is 0 Å². The molecule has 1 aromatic heterocycles. The van der Waals surface area contributed by atoms with Crippen molar-refractivity contribution in [3.05, 3.63) is 89.9 Å². The fraction of sp³-hybridized carbons (Fsp3) is 0.160. The Kier molecular flexibility index (Phi) is 6.17. The summed E-state index contributed by atoms with van der Waals surface area (Å²) >= 11 is 0. The number of carbonyl (C=O) groups excluding carboxylic acids is 2. The van der Waals surface area contributed by atoms with Crippen LogP contribution in [0.25, 0.3) is 5.57 Å². The van der Waals surface area contributed by atoms with Crippen molar-refractivity contribution in [1.29, 1.82) is 0 Å². The fourth-order valence-electron chi connectivity index (χ4n) is 3.52. The second-order valence-corrected chi connectivity index (χ2v) is 7.09. The molecule has 162 valence electrons. The van der Waals surface area contributed by atoms with Crippen LogP contribution >= 0.6 is 0 Å². The minimum atomic E-state index is -0.407. The lowest BCUT2D eigenvalue weighted by Crippen LogP contribution is -2.32. The number of pyridine rings is 1. The number of hydrogen-bond donors (Lipinski definition) is 1. The van der Waals surface area contributed by atoms with E-state index in [-0.39, 0.29) is 18.1 Å². The van der Waals surface area contributed by atoms with Gasteiger partial charge in [-0.2, -0.15) is 0 Å². The number of ether oxygens (including phenoxy) is 2. The Hall–Kier alpha value is -4.13. The molecular formula is C25H23N3O4. The standard InChI is InChI=1S/C25H23N3O4/c1-3-32-21-9-5-4-8-20(21)27-23-22(18-10-12-19(31-2)13-11-18)24(29)28(25(23)30)16-17-7-6-14-26-15-17/h4-15,27H,3,16H2,1-2H3. The van der Waals surface area contributed by atoms with E-state index >= 15 is 0 Å². The average Bonchev–Trinajstić information content (AvgIpc) is 3.05. The second-order valence-electron chi connectivity index (χ2n) is 7.09. The molecule has 0 unspecified atom stereocenters. The number of methoxy groups -OCH3 is 1. The topological polar surface area (TPSA) is 80.8 Å². The third-order valence-electron chi connectivity index (χ3n) is 5.06. The first-order valence-electron chi connectivity index (χ1n) is 10.2. The summed E-state index contributed by atoms with van der Waals surface area (Å²) in [5.74, 6) is 0.480. The monoisotopic (exact) mass is 429 g/mol. The number of nitrogens with zero attached hydrogens (tertiary/aromatic N) is 2. The third kappa shape index (κ3) is 4.18. The number of anilines is 1. The van der Waals surface area contributed by atoms with E-state index in [1.807, 2.05) is 37.3 Å². The molecule has 32 heavy (non-hydrogen) atoms. The molecule has 0 saturated carbocycles. The van der Waals surface area contributed by atoms with Crippen LogP contribution in [0.4, 0.5) is 5.69 Å². The maximum absolute atomic E-state index is 13.4. The van der Waals surface area contributed by atoms with Crippen molar-refractivity contribution in [1.82, 2.24) is 9.88 Å². The van der Waals surface area contributed by atoms with E-state index in [0.29, 0.717) is 34.9 Å². The molecule has 0 aliphatic carbocycles. The van der Waals surface area contributed by atoms with Gasteiger partial charge in [-0.1, -0.05) is 30.3 Å². The summed E-state index contributed by atoms with van der Waals surface area (Å²) in [6, 6.07) is 18.0. The Morgan fingerprint density at radius 2 is 1.75 bits per heavy atom. The predicted octanol–water partition coefficient (Wildman–Crippen LogP) is 3.88.